The number of hydrogen-bond acceptors (Lipinski definition) is 3. The molecule has 22 heavy (non-hydrogen) atoms. The van der Waals surface area contributed by atoms with Crippen LogP contribution in [-0.4, -0.2) is 18.4 Å². The van der Waals surface area contributed by atoms with Crippen LogP contribution in [-0.2, 0) is 4.79 Å². The highest BCUT2D eigenvalue weighted by atomic mass is 35.5. The van der Waals surface area contributed by atoms with Gasteiger partial charge in [-0.1, -0.05) is 36.7 Å². The zero-order chi connectivity index (χ0) is 15.9. The van der Waals surface area contributed by atoms with Gasteiger partial charge >= 0.3 is 0 Å². The molecule has 1 aromatic carbocycles. The maximum atomic E-state index is 12.0. The number of nitrogens with one attached hydrogen (secondary N) is 2. The molecule has 0 spiro atoms. The maximum absolute atomic E-state index is 12.0. The van der Waals surface area contributed by atoms with E-state index < -0.39 is 0 Å². The van der Waals surface area contributed by atoms with E-state index in [1.807, 2.05) is 24.4 Å². The van der Waals surface area contributed by atoms with Gasteiger partial charge in [0.2, 0.25) is 5.91 Å². The molecule has 4 nitrogen and oxygen atoms in total. The minimum absolute atomic E-state index is 0.0409. The highest BCUT2D eigenvalue weighted by Crippen LogP contribution is 2.19. The highest BCUT2D eigenvalue weighted by molar-refractivity contribution is 7.12. The summed E-state index contributed by atoms with van der Waals surface area (Å²) in [6.07, 6.45) is 0.756. The molecule has 0 aliphatic rings. The van der Waals surface area contributed by atoms with E-state index in [1.54, 1.807) is 24.3 Å². The van der Waals surface area contributed by atoms with Gasteiger partial charge in [0.25, 0.3) is 5.91 Å². The first kappa shape index (κ1) is 16.5. The van der Waals surface area contributed by atoms with Crippen molar-refractivity contribution in [3.63, 3.8) is 0 Å². The Morgan fingerprint density at radius 3 is 2.55 bits per heavy atom. The Bertz CT molecular complexity index is 626. The molecule has 2 N–H and O–H groups in total. The third-order valence-electron chi connectivity index (χ3n) is 3.17. The largest absolute Gasteiger partial charge is 0.348 e. The molecular formula is C16H17ClN2O2S. The molecule has 6 heteroatoms. The van der Waals surface area contributed by atoms with Crippen molar-refractivity contribution < 1.29 is 9.59 Å². The summed E-state index contributed by atoms with van der Waals surface area (Å²) in [5, 5.41) is 8.01. The average molecular weight is 337 g/mol. The van der Waals surface area contributed by atoms with E-state index in [4.69, 9.17) is 11.6 Å². The molecule has 1 aromatic heterocycles. The van der Waals surface area contributed by atoms with Gasteiger partial charge in [0, 0.05) is 5.02 Å². The summed E-state index contributed by atoms with van der Waals surface area (Å²) in [4.78, 5) is 24.4. The average Bonchev–Trinajstić information content (AvgIpc) is 3.05. The topological polar surface area (TPSA) is 58.2 Å². The van der Waals surface area contributed by atoms with E-state index in [9.17, 15) is 9.59 Å². The third kappa shape index (κ3) is 4.58. The van der Waals surface area contributed by atoms with Crippen LogP contribution in [0.2, 0.25) is 5.02 Å². The van der Waals surface area contributed by atoms with Crippen LogP contribution >= 0.6 is 22.9 Å². The van der Waals surface area contributed by atoms with Gasteiger partial charge in [-0.05, 0) is 35.6 Å². The zero-order valence-corrected chi connectivity index (χ0v) is 13.7. The van der Waals surface area contributed by atoms with Gasteiger partial charge in [-0.3, -0.25) is 9.59 Å². The lowest BCUT2D eigenvalue weighted by Gasteiger charge is -2.17. The molecule has 1 heterocycles. The minimum Gasteiger partial charge on any atom is -0.348 e. The van der Waals surface area contributed by atoms with Crippen LogP contribution in [0.15, 0.2) is 41.8 Å². The van der Waals surface area contributed by atoms with Crippen molar-refractivity contribution in [2.45, 2.75) is 19.4 Å². The Hall–Kier alpha value is -1.85. The van der Waals surface area contributed by atoms with Crippen molar-refractivity contribution in [3.8, 4) is 0 Å². The summed E-state index contributed by atoms with van der Waals surface area (Å²) in [6.45, 7) is 1.95. The molecule has 0 aliphatic heterocycles. The fourth-order valence-electron chi connectivity index (χ4n) is 2.02. The standard InChI is InChI=1S/C16H17ClN2O2S/c1-2-13(11-5-7-12(17)8-6-11)19-15(20)10-18-16(21)14-4-3-9-22-14/h3-9,13H,2,10H2,1H3,(H,18,21)(H,19,20)/t13-/m0/s1. The first-order valence-electron chi connectivity index (χ1n) is 6.96. The molecule has 1 atom stereocenters. The van der Waals surface area contributed by atoms with Gasteiger partial charge in [0.05, 0.1) is 17.5 Å². The van der Waals surface area contributed by atoms with Crippen LogP contribution in [0, 0.1) is 0 Å². The van der Waals surface area contributed by atoms with Crippen LogP contribution in [0.5, 0.6) is 0 Å². The smallest absolute Gasteiger partial charge is 0.261 e. The summed E-state index contributed by atoms with van der Waals surface area (Å²) in [5.41, 5.74) is 0.991. The number of rotatable bonds is 6. The lowest BCUT2D eigenvalue weighted by atomic mass is 10.0. The Kier molecular flexibility index (Phi) is 5.98. The predicted octanol–water partition coefficient (Wildman–Crippen LogP) is 3.40. The van der Waals surface area contributed by atoms with E-state index >= 15 is 0 Å². The van der Waals surface area contributed by atoms with Crippen LogP contribution in [0.3, 0.4) is 0 Å². The van der Waals surface area contributed by atoms with Crippen molar-refractivity contribution in [1.29, 1.82) is 0 Å². The Morgan fingerprint density at radius 2 is 1.95 bits per heavy atom. The van der Waals surface area contributed by atoms with Gasteiger partial charge in [-0.25, -0.2) is 0 Å². The highest BCUT2D eigenvalue weighted by Gasteiger charge is 2.14. The third-order valence-corrected chi connectivity index (χ3v) is 4.29. The first-order chi connectivity index (χ1) is 10.6. The van der Waals surface area contributed by atoms with Crippen molar-refractivity contribution in [1.82, 2.24) is 10.6 Å². The van der Waals surface area contributed by atoms with Crippen molar-refractivity contribution >= 4 is 34.8 Å². The normalized spacial score (nSPS) is 11.7. The van der Waals surface area contributed by atoms with E-state index in [-0.39, 0.29) is 24.4 Å². The molecule has 0 aliphatic carbocycles. The second-order valence-corrected chi connectivity index (χ2v) is 6.12. The summed E-state index contributed by atoms with van der Waals surface area (Å²) in [7, 11) is 0. The number of thiophene rings is 1. The van der Waals surface area contributed by atoms with E-state index in [1.165, 1.54) is 11.3 Å². The van der Waals surface area contributed by atoms with Gasteiger partial charge in [-0.15, -0.1) is 11.3 Å². The molecule has 116 valence electrons. The number of hydrogen-bond donors (Lipinski definition) is 2. The maximum Gasteiger partial charge on any atom is 0.261 e. The van der Waals surface area contributed by atoms with E-state index in [2.05, 4.69) is 10.6 Å². The first-order valence-corrected chi connectivity index (χ1v) is 8.22. The Morgan fingerprint density at radius 1 is 1.23 bits per heavy atom. The lowest BCUT2D eigenvalue weighted by Crippen LogP contribution is -2.38. The molecule has 0 fully saturated rings. The molecule has 2 rings (SSSR count). The molecule has 2 aromatic rings. The number of benzene rings is 1. The summed E-state index contributed by atoms with van der Waals surface area (Å²) in [5.74, 6) is -0.448. The Labute approximate surface area is 138 Å². The number of carbonyl (C=O) groups excluding carboxylic acids is 2. The summed E-state index contributed by atoms with van der Waals surface area (Å²) < 4.78 is 0. The van der Waals surface area contributed by atoms with E-state index in [0.29, 0.717) is 9.90 Å². The van der Waals surface area contributed by atoms with Crippen molar-refractivity contribution in [3.05, 3.63) is 57.2 Å². The van der Waals surface area contributed by atoms with Gasteiger partial charge in [-0.2, -0.15) is 0 Å². The molecule has 0 bridgehead atoms. The monoisotopic (exact) mass is 336 g/mol. The van der Waals surface area contributed by atoms with Gasteiger partial charge in [0.1, 0.15) is 0 Å². The number of amides is 2. The predicted molar refractivity (Wildman–Crippen MR) is 89.3 cm³/mol. The Balaban J connectivity index is 1.87. The lowest BCUT2D eigenvalue weighted by molar-refractivity contribution is -0.120. The van der Waals surface area contributed by atoms with Crippen LogP contribution in [0.25, 0.3) is 0 Å². The molecule has 0 saturated heterocycles. The fraction of sp³-hybridized carbons (Fsp3) is 0.250. The molecule has 0 radical (unpaired) electrons. The summed E-state index contributed by atoms with van der Waals surface area (Å²) >= 11 is 7.21. The second kappa shape index (κ2) is 7.96. The molecular weight excluding hydrogens is 320 g/mol. The quantitative estimate of drug-likeness (QED) is 0.849. The number of carbonyl (C=O) groups is 2. The van der Waals surface area contributed by atoms with Crippen LogP contribution in [0.4, 0.5) is 0 Å². The summed E-state index contributed by atoms with van der Waals surface area (Å²) in [6, 6.07) is 10.8. The van der Waals surface area contributed by atoms with E-state index in [0.717, 1.165) is 12.0 Å². The van der Waals surface area contributed by atoms with Crippen molar-refractivity contribution in [2.75, 3.05) is 6.54 Å². The minimum atomic E-state index is -0.232. The molecule has 0 saturated carbocycles. The SMILES string of the molecule is CC[C@H](NC(=O)CNC(=O)c1cccs1)c1ccc(Cl)cc1. The second-order valence-electron chi connectivity index (χ2n) is 4.74. The van der Waals surface area contributed by atoms with Gasteiger partial charge in [0.15, 0.2) is 0 Å². The number of halogens is 1. The molecule has 0 unspecified atom stereocenters. The molecule has 2 amide bonds. The van der Waals surface area contributed by atoms with Gasteiger partial charge < -0.3 is 10.6 Å². The zero-order valence-electron chi connectivity index (χ0n) is 12.1. The van der Waals surface area contributed by atoms with Crippen LogP contribution in [0.1, 0.15) is 34.6 Å². The fourth-order valence-corrected chi connectivity index (χ4v) is 2.78. The van der Waals surface area contributed by atoms with Crippen LogP contribution < -0.4 is 10.6 Å². The van der Waals surface area contributed by atoms with Crippen molar-refractivity contribution in [2.24, 2.45) is 0 Å².